The number of nitrogens with two attached hydrogens (primary N) is 1. The maximum atomic E-state index is 13.4. The summed E-state index contributed by atoms with van der Waals surface area (Å²) in [5.74, 6) is -4.00. The molecule has 0 aliphatic carbocycles. The van der Waals surface area contributed by atoms with E-state index in [-0.39, 0.29) is 11.3 Å². The minimum absolute atomic E-state index is 0.0355. The molecule has 0 aliphatic rings. The number of halogens is 4. The van der Waals surface area contributed by atoms with Gasteiger partial charge in [-0.15, -0.1) is 0 Å². The monoisotopic (exact) mass is 241 g/mol. The minimum Gasteiger partial charge on any atom is -0.396 e. The van der Waals surface area contributed by atoms with Gasteiger partial charge in [-0.3, -0.25) is 0 Å². The summed E-state index contributed by atoms with van der Waals surface area (Å²) in [6.07, 6.45) is 0. The van der Waals surface area contributed by atoms with Gasteiger partial charge in [0, 0.05) is 12.1 Å². The molecule has 0 aliphatic heterocycles. The molecule has 2 N–H and O–H groups in total. The van der Waals surface area contributed by atoms with E-state index < -0.39 is 28.8 Å². The van der Waals surface area contributed by atoms with Crippen LogP contribution in [0.5, 0.6) is 0 Å². The van der Waals surface area contributed by atoms with E-state index in [0.717, 1.165) is 6.07 Å². The van der Waals surface area contributed by atoms with Gasteiger partial charge >= 0.3 is 0 Å². The van der Waals surface area contributed by atoms with E-state index in [0.29, 0.717) is 12.1 Å². The minimum atomic E-state index is -1.09. The summed E-state index contributed by atoms with van der Waals surface area (Å²) in [5.41, 5.74) is 4.60. The van der Waals surface area contributed by atoms with Crippen molar-refractivity contribution in [3.8, 4) is 11.1 Å². The van der Waals surface area contributed by atoms with Crippen LogP contribution in [0.25, 0.3) is 11.1 Å². The zero-order valence-electron chi connectivity index (χ0n) is 8.48. The Labute approximate surface area is 94.5 Å². The first-order valence-corrected chi connectivity index (χ1v) is 4.69. The maximum Gasteiger partial charge on any atom is 0.146 e. The summed E-state index contributed by atoms with van der Waals surface area (Å²) in [4.78, 5) is 0. The van der Waals surface area contributed by atoms with Gasteiger partial charge in [0.2, 0.25) is 0 Å². The van der Waals surface area contributed by atoms with Crippen LogP contribution in [0.2, 0.25) is 0 Å². The van der Waals surface area contributed by atoms with Crippen LogP contribution in [-0.4, -0.2) is 0 Å². The van der Waals surface area contributed by atoms with Gasteiger partial charge in [-0.2, -0.15) is 0 Å². The van der Waals surface area contributed by atoms with Crippen molar-refractivity contribution in [2.24, 2.45) is 0 Å². The Balaban J connectivity index is 2.64. The summed E-state index contributed by atoms with van der Waals surface area (Å²) in [6.45, 7) is 0. The van der Waals surface area contributed by atoms with E-state index in [1.807, 2.05) is 0 Å². The molecule has 0 bridgehead atoms. The standard InChI is InChI=1S/C12H7F4N/c13-7-4-9(15)12(10(16)5-7)6-1-2-11(17)8(14)3-6/h1-5H,17H2. The van der Waals surface area contributed by atoms with Gasteiger partial charge < -0.3 is 5.73 Å². The lowest BCUT2D eigenvalue weighted by molar-refractivity contribution is 0.548. The lowest BCUT2D eigenvalue weighted by Crippen LogP contribution is -1.95. The molecule has 88 valence electrons. The van der Waals surface area contributed by atoms with Gasteiger partial charge in [0.15, 0.2) is 0 Å². The van der Waals surface area contributed by atoms with Crippen LogP contribution in [0.15, 0.2) is 30.3 Å². The number of nitrogen functional groups attached to an aromatic ring is 1. The quantitative estimate of drug-likeness (QED) is 0.600. The van der Waals surface area contributed by atoms with Crippen LogP contribution in [0.1, 0.15) is 0 Å². The first kappa shape index (κ1) is 11.4. The molecule has 0 saturated heterocycles. The van der Waals surface area contributed by atoms with Crippen LogP contribution in [-0.2, 0) is 0 Å². The average molecular weight is 241 g/mol. The number of benzene rings is 2. The summed E-state index contributed by atoms with van der Waals surface area (Å²) >= 11 is 0. The largest absolute Gasteiger partial charge is 0.396 e. The predicted octanol–water partition coefficient (Wildman–Crippen LogP) is 3.49. The topological polar surface area (TPSA) is 26.0 Å². The van der Waals surface area contributed by atoms with Crippen molar-refractivity contribution >= 4 is 5.69 Å². The van der Waals surface area contributed by atoms with Gasteiger partial charge in [0.1, 0.15) is 23.3 Å². The SMILES string of the molecule is Nc1ccc(-c2c(F)cc(F)cc2F)cc1F. The second-order valence-corrected chi connectivity index (χ2v) is 3.48. The van der Waals surface area contributed by atoms with Crippen LogP contribution in [0.4, 0.5) is 23.2 Å². The average Bonchev–Trinajstić information content (AvgIpc) is 2.21. The molecule has 0 amide bonds. The Morgan fingerprint density at radius 2 is 1.35 bits per heavy atom. The van der Waals surface area contributed by atoms with Gasteiger partial charge in [0.25, 0.3) is 0 Å². The van der Waals surface area contributed by atoms with E-state index in [9.17, 15) is 17.6 Å². The normalized spacial score (nSPS) is 10.6. The van der Waals surface area contributed by atoms with Crippen LogP contribution in [0.3, 0.4) is 0 Å². The molecule has 0 heterocycles. The first-order valence-electron chi connectivity index (χ1n) is 4.69. The highest BCUT2D eigenvalue weighted by Crippen LogP contribution is 2.28. The van der Waals surface area contributed by atoms with Gasteiger partial charge in [-0.1, -0.05) is 6.07 Å². The van der Waals surface area contributed by atoms with Crippen molar-refractivity contribution < 1.29 is 17.6 Å². The molecule has 0 fully saturated rings. The molecule has 1 nitrogen and oxygen atoms in total. The molecule has 2 rings (SSSR count). The molecule has 0 spiro atoms. The summed E-state index contributed by atoms with van der Waals surface area (Å²) < 4.78 is 52.6. The van der Waals surface area contributed by atoms with Gasteiger partial charge in [-0.25, -0.2) is 17.6 Å². The molecular weight excluding hydrogens is 234 g/mol. The lowest BCUT2D eigenvalue weighted by atomic mass is 10.0. The maximum absolute atomic E-state index is 13.4. The van der Waals surface area contributed by atoms with Gasteiger partial charge in [-0.05, 0) is 17.7 Å². The predicted molar refractivity (Wildman–Crippen MR) is 56.1 cm³/mol. The Morgan fingerprint density at radius 3 is 1.88 bits per heavy atom. The lowest BCUT2D eigenvalue weighted by Gasteiger charge is -2.06. The fourth-order valence-electron chi connectivity index (χ4n) is 1.50. The summed E-state index contributed by atoms with van der Waals surface area (Å²) in [6, 6.07) is 4.42. The van der Waals surface area contributed by atoms with Crippen LogP contribution in [0, 0.1) is 23.3 Å². The highest BCUT2D eigenvalue weighted by molar-refractivity contribution is 5.67. The molecule has 0 aromatic heterocycles. The zero-order chi connectivity index (χ0) is 12.6. The number of rotatable bonds is 1. The van der Waals surface area contributed by atoms with Gasteiger partial charge in [0.05, 0.1) is 11.3 Å². The Kier molecular flexibility index (Phi) is 2.75. The Morgan fingerprint density at radius 1 is 0.765 bits per heavy atom. The fourth-order valence-corrected chi connectivity index (χ4v) is 1.50. The molecule has 17 heavy (non-hydrogen) atoms. The Bertz CT molecular complexity index is 558. The van der Waals surface area contributed by atoms with Crippen LogP contribution < -0.4 is 5.73 Å². The van der Waals surface area contributed by atoms with E-state index in [4.69, 9.17) is 5.73 Å². The molecule has 0 unspecified atom stereocenters. The summed E-state index contributed by atoms with van der Waals surface area (Å²) in [5, 5.41) is 0. The highest BCUT2D eigenvalue weighted by atomic mass is 19.1. The van der Waals surface area contributed by atoms with Crippen molar-refractivity contribution in [2.75, 3.05) is 5.73 Å². The smallest absolute Gasteiger partial charge is 0.146 e. The molecule has 5 heteroatoms. The molecule has 0 radical (unpaired) electrons. The molecule has 2 aromatic carbocycles. The zero-order valence-corrected chi connectivity index (χ0v) is 8.48. The molecule has 0 saturated carbocycles. The van der Waals surface area contributed by atoms with Crippen molar-refractivity contribution in [3.63, 3.8) is 0 Å². The summed E-state index contributed by atoms with van der Waals surface area (Å²) in [7, 11) is 0. The molecule has 2 aromatic rings. The van der Waals surface area contributed by atoms with E-state index in [1.54, 1.807) is 0 Å². The number of hydrogen-bond donors (Lipinski definition) is 1. The van der Waals surface area contributed by atoms with E-state index in [2.05, 4.69) is 0 Å². The van der Waals surface area contributed by atoms with Crippen molar-refractivity contribution in [1.82, 2.24) is 0 Å². The van der Waals surface area contributed by atoms with E-state index >= 15 is 0 Å². The molecule has 0 atom stereocenters. The second-order valence-electron chi connectivity index (χ2n) is 3.48. The number of hydrogen-bond acceptors (Lipinski definition) is 1. The third-order valence-electron chi connectivity index (χ3n) is 2.30. The first-order chi connectivity index (χ1) is 7.99. The van der Waals surface area contributed by atoms with Crippen LogP contribution >= 0.6 is 0 Å². The third kappa shape index (κ3) is 2.08. The third-order valence-corrected chi connectivity index (χ3v) is 2.30. The van der Waals surface area contributed by atoms with Crippen molar-refractivity contribution in [1.29, 1.82) is 0 Å². The highest BCUT2D eigenvalue weighted by Gasteiger charge is 2.14. The van der Waals surface area contributed by atoms with Crippen molar-refractivity contribution in [3.05, 3.63) is 53.6 Å². The second kappa shape index (κ2) is 4.08. The van der Waals surface area contributed by atoms with E-state index in [1.165, 1.54) is 12.1 Å². The Hall–Kier alpha value is -2.04. The van der Waals surface area contributed by atoms with Crippen molar-refractivity contribution in [2.45, 2.75) is 0 Å². The fraction of sp³-hybridized carbons (Fsp3) is 0. The number of anilines is 1. The molecular formula is C12H7F4N.